The first kappa shape index (κ1) is 13.5. The molecule has 1 aliphatic heterocycles. The molecule has 106 valence electrons. The van der Waals surface area contributed by atoms with E-state index in [-0.39, 0.29) is 5.56 Å². The summed E-state index contributed by atoms with van der Waals surface area (Å²) in [5.41, 5.74) is 0.561. The van der Waals surface area contributed by atoms with Gasteiger partial charge in [0.15, 0.2) is 5.82 Å². The van der Waals surface area contributed by atoms with Crippen molar-refractivity contribution >= 4 is 21.6 Å². The molecule has 1 aromatic carbocycles. The Morgan fingerprint density at radius 2 is 2.00 bits per heavy atom. The number of aromatic nitrogens is 3. The van der Waals surface area contributed by atoms with Crippen molar-refractivity contribution in [2.75, 3.05) is 5.32 Å². The van der Waals surface area contributed by atoms with Gasteiger partial charge in [-0.2, -0.15) is 0 Å². The summed E-state index contributed by atoms with van der Waals surface area (Å²) in [6, 6.07) is 3.42. The van der Waals surface area contributed by atoms with Gasteiger partial charge in [-0.3, -0.25) is 4.57 Å². The molecule has 0 spiro atoms. The lowest BCUT2D eigenvalue weighted by Gasteiger charge is -2.35. The molecule has 0 amide bonds. The van der Waals surface area contributed by atoms with E-state index >= 15 is 0 Å². The van der Waals surface area contributed by atoms with Crippen molar-refractivity contribution in [3.8, 4) is 5.69 Å². The Balaban J connectivity index is 2.40. The second-order valence-corrected chi connectivity index (χ2v) is 6.17. The maximum absolute atomic E-state index is 13.4. The highest BCUT2D eigenvalue weighted by molar-refractivity contribution is 9.10. The topological polar surface area (TPSA) is 42.7 Å². The number of nitrogens with zero attached hydrogens (tertiary/aromatic N) is 3. The Hall–Kier alpha value is -1.50. The zero-order valence-electron chi connectivity index (χ0n) is 11.2. The van der Waals surface area contributed by atoms with Crippen molar-refractivity contribution in [1.82, 2.24) is 14.8 Å². The molecule has 0 bridgehead atoms. The van der Waals surface area contributed by atoms with Crippen molar-refractivity contribution < 1.29 is 8.78 Å². The lowest BCUT2D eigenvalue weighted by Crippen LogP contribution is -2.36. The van der Waals surface area contributed by atoms with E-state index in [2.05, 4.69) is 31.4 Å². The molecule has 1 aliphatic rings. The van der Waals surface area contributed by atoms with Gasteiger partial charge >= 0.3 is 0 Å². The predicted molar refractivity (Wildman–Crippen MR) is 75.4 cm³/mol. The summed E-state index contributed by atoms with van der Waals surface area (Å²) in [5, 5.41) is 11.4. The van der Waals surface area contributed by atoms with E-state index < -0.39 is 12.0 Å². The minimum absolute atomic E-state index is 0.0466. The molecule has 0 saturated heterocycles. The Morgan fingerprint density at radius 3 is 2.65 bits per heavy atom. The lowest BCUT2D eigenvalue weighted by molar-refractivity contribution is 0.150. The van der Waals surface area contributed by atoms with Crippen molar-refractivity contribution in [1.29, 1.82) is 0 Å². The molecule has 0 atom stereocenters. The summed E-state index contributed by atoms with van der Waals surface area (Å²) in [4.78, 5) is 0. The van der Waals surface area contributed by atoms with Crippen molar-refractivity contribution in [2.24, 2.45) is 0 Å². The second kappa shape index (κ2) is 4.25. The average molecular weight is 343 g/mol. The van der Waals surface area contributed by atoms with Crippen LogP contribution in [0.4, 0.5) is 14.5 Å². The summed E-state index contributed by atoms with van der Waals surface area (Å²) in [5.74, 6) is 1.22. The molecule has 0 unspecified atom stereocenters. The first-order valence-electron chi connectivity index (χ1n) is 6.14. The van der Waals surface area contributed by atoms with E-state index in [1.54, 1.807) is 23.6 Å². The molecule has 20 heavy (non-hydrogen) atoms. The molecule has 2 heterocycles. The molecule has 7 heteroatoms. The highest BCUT2D eigenvalue weighted by Crippen LogP contribution is 2.43. The SMILES string of the molecule is Cc1nnc2n1-c1c(ccc(Br)c1C(F)F)NC2(C)C. The van der Waals surface area contributed by atoms with Crippen LogP contribution in [0.3, 0.4) is 0 Å². The first-order valence-corrected chi connectivity index (χ1v) is 6.94. The van der Waals surface area contributed by atoms with E-state index in [0.29, 0.717) is 27.5 Å². The van der Waals surface area contributed by atoms with Gasteiger partial charge in [0.2, 0.25) is 0 Å². The summed E-state index contributed by atoms with van der Waals surface area (Å²) < 4.78 is 28.9. The maximum Gasteiger partial charge on any atom is 0.267 e. The van der Waals surface area contributed by atoms with Gasteiger partial charge in [-0.25, -0.2) is 8.78 Å². The zero-order valence-corrected chi connectivity index (χ0v) is 12.8. The van der Waals surface area contributed by atoms with Crippen LogP contribution in [0.2, 0.25) is 0 Å². The fraction of sp³-hybridized carbons (Fsp3) is 0.385. The van der Waals surface area contributed by atoms with Crippen LogP contribution in [0.1, 0.15) is 37.5 Å². The van der Waals surface area contributed by atoms with Gasteiger partial charge in [0.05, 0.1) is 22.5 Å². The van der Waals surface area contributed by atoms with E-state index in [4.69, 9.17) is 0 Å². The molecule has 0 fully saturated rings. The molecule has 4 nitrogen and oxygen atoms in total. The molecule has 1 N–H and O–H groups in total. The van der Waals surface area contributed by atoms with Gasteiger partial charge in [0, 0.05) is 4.47 Å². The van der Waals surface area contributed by atoms with Gasteiger partial charge in [-0.15, -0.1) is 10.2 Å². The Kier molecular flexibility index (Phi) is 2.86. The molecule has 0 radical (unpaired) electrons. The average Bonchev–Trinajstić information content (AvgIpc) is 2.73. The van der Waals surface area contributed by atoms with Crippen LogP contribution in [0.25, 0.3) is 5.69 Å². The number of hydrogen-bond donors (Lipinski definition) is 1. The fourth-order valence-corrected chi connectivity index (χ4v) is 3.05. The second-order valence-electron chi connectivity index (χ2n) is 5.31. The van der Waals surface area contributed by atoms with Crippen LogP contribution in [0, 0.1) is 6.92 Å². The normalized spacial score (nSPS) is 15.8. The minimum atomic E-state index is -2.59. The summed E-state index contributed by atoms with van der Waals surface area (Å²) in [6.45, 7) is 5.65. The number of benzene rings is 1. The van der Waals surface area contributed by atoms with E-state index in [9.17, 15) is 8.78 Å². The Morgan fingerprint density at radius 1 is 1.30 bits per heavy atom. The van der Waals surface area contributed by atoms with E-state index in [1.807, 2.05) is 13.8 Å². The predicted octanol–water partition coefficient (Wildman–Crippen LogP) is 3.94. The molecular weight excluding hydrogens is 330 g/mol. The summed E-state index contributed by atoms with van der Waals surface area (Å²) >= 11 is 3.21. The van der Waals surface area contributed by atoms with Gasteiger partial charge in [0.25, 0.3) is 6.43 Å². The zero-order chi connectivity index (χ0) is 14.7. The minimum Gasteiger partial charge on any atom is -0.371 e. The number of alkyl halides is 2. The Labute approximate surface area is 123 Å². The molecule has 3 rings (SSSR count). The quantitative estimate of drug-likeness (QED) is 0.853. The standard InChI is InChI=1S/C13H13BrF2N4/c1-6-18-19-12-13(2,3)17-8-5-4-7(14)9(11(15)16)10(8)20(6)12/h4-5,11,17H,1-3H3. The van der Waals surface area contributed by atoms with E-state index in [1.165, 1.54) is 0 Å². The maximum atomic E-state index is 13.4. The first-order chi connectivity index (χ1) is 9.33. The van der Waals surface area contributed by atoms with Crippen LogP contribution in [0.5, 0.6) is 0 Å². The highest BCUT2D eigenvalue weighted by Gasteiger charge is 2.36. The number of anilines is 1. The van der Waals surface area contributed by atoms with Crippen LogP contribution >= 0.6 is 15.9 Å². The number of aryl methyl sites for hydroxylation is 1. The number of halogens is 3. The number of hydrogen-bond acceptors (Lipinski definition) is 3. The van der Waals surface area contributed by atoms with Crippen molar-refractivity contribution in [3.05, 3.63) is 33.8 Å². The van der Waals surface area contributed by atoms with Crippen LogP contribution < -0.4 is 5.32 Å². The lowest BCUT2D eigenvalue weighted by atomic mass is 9.98. The Bertz CT molecular complexity index is 694. The third-order valence-electron chi connectivity index (χ3n) is 3.44. The molecule has 0 aliphatic carbocycles. The third kappa shape index (κ3) is 1.76. The smallest absolute Gasteiger partial charge is 0.267 e. The van der Waals surface area contributed by atoms with Crippen LogP contribution in [0.15, 0.2) is 16.6 Å². The van der Waals surface area contributed by atoms with Crippen LogP contribution in [-0.4, -0.2) is 14.8 Å². The van der Waals surface area contributed by atoms with Crippen LogP contribution in [-0.2, 0) is 5.54 Å². The van der Waals surface area contributed by atoms with E-state index in [0.717, 1.165) is 0 Å². The summed E-state index contributed by atoms with van der Waals surface area (Å²) in [7, 11) is 0. The molecule has 1 aromatic heterocycles. The van der Waals surface area contributed by atoms with Gasteiger partial charge < -0.3 is 5.32 Å². The summed E-state index contributed by atoms with van der Waals surface area (Å²) in [6.07, 6.45) is -2.59. The van der Waals surface area contributed by atoms with Crippen molar-refractivity contribution in [3.63, 3.8) is 0 Å². The highest BCUT2D eigenvalue weighted by atomic mass is 79.9. The molecular formula is C13H13BrF2N4. The fourth-order valence-electron chi connectivity index (χ4n) is 2.56. The molecule has 2 aromatic rings. The van der Waals surface area contributed by atoms with Gasteiger partial charge in [0.1, 0.15) is 5.82 Å². The molecule has 0 saturated carbocycles. The number of fused-ring (bicyclic) bond motifs is 3. The monoisotopic (exact) mass is 342 g/mol. The van der Waals surface area contributed by atoms with Gasteiger partial charge in [-0.05, 0) is 32.9 Å². The van der Waals surface area contributed by atoms with Gasteiger partial charge in [-0.1, -0.05) is 15.9 Å². The number of nitrogens with one attached hydrogen (secondary N) is 1. The number of rotatable bonds is 1. The van der Waals surface area contributed by atoms with Crippen molar-refractivity contribution in [2.45, 2.75) is 32.7 Å². The third-order valence-corrected chi connectivity index (χ3v) is 4.13. The largest absolute Gasteiger partial charge is 0.371 e.